The first-order valence-corrected chi connectivity index (χ1v) is 9.31. The second-order valence-electron chi connectivity index (χ2n) is 6.81. The Bertz CT molecular complexity index is 977. The zero-order chi connectivity index (χ0) is 20.2. The number of benzene rings is 2. The van der Waals surface area contributed by atoms with Crippen molar-refractivity contribution in [3.8, 4) is 11.1 Å². The molecule has 7 nitrogen and oxygen atoms in total. The van der Waals surface area contributed by atoms with Gasteiger partial charge >= 0.3 is 6.09 Å². The van der Waals surface area contributed by atoms with E-state index in [2.05, 4.69) is 22.9 Å². The summed E-state index contributed by atoms with van der Waals surface area (Å²) in [6, 6.07) is 18.7. The molecule has 1 aliphatic rings. The van der Waals surface area contributed by atoms with Crippen molar-refractivity contribution in [2.75, 3.05) is 6.61 Å². The van der Waals surface area contributed by atoms with Crippen molar-refractivity contribution >= 4 is 24.4 Å². The Kier molecular flexibility index (Phi) is 6.76. The molecule has 1 aromatic heterocycles. The lowest BCUT2D eigenvalue weighted by molar-refractivity contribution is -0.123. The highest BCUT2D eigenvalue weighted by Gasteiger charge is 2.29. The minimum Gasteiger partial charge on any atom is -0.469 e. The number of fused-ring (bicyclic) bond motifs is 3. The van der Waals surface area contributed by atoms with Gasteiger partial charge in [0.2, 0.25) is 0 Å². The molecule has 0 spiro atoms. The van der Waals surface area contributed by atoms with Crippen molar-refractivity contribution in [1.82, 2.24) is 10.7 Å². The average Bonchev–Trinajstić information content (AvgIpc) is 3.37. The van der Waals surface area contributed by atoms with Crippen molar-refractivity contribution in [3.63, 3.8) is 0 Å². The molecule has 1 aliphatic carbocycles. The molecule has 1 atom stereocenters. The summed E-state index contributed by atoms with van der Waals surface area (Å²) in [5, 5.41) is 2.56. The van der Waals surface area contributed by atoms with Gasteiger partial charge in [-0.2, -0.15) is 0 Å². The van der Waals surface area contributed by atoms with Crippen molar-refractivity contribution in [1.29, 1.82) is 0 Å². The number of halogens is 1. The van der Waals surface area contributed by atoms with Gasteiger partial charge < -0.3 is 14.5 Å². The molecule has 0 aliphatic heterocycles. The number of hydrogen-bond donors (Lipinski definition) is 3. The first-order valence-electron chi connectivity index (χ1n) is 9.31. The number of carbonyl (C=O) groups excluding carboxylic acids is 2. The molecule has 0 bridgehead atoms. The minimum atomic E-state index is -0.901. The molecule has 0 fully saturated rings. The SMILES string of the molecule is Cl.NNC(=O)[C@@H](Cc1ccco1)NC(=O)OCC1c2ccccc2-c2ccccc21. The van der Waals surface area contributed by atoms with Gasteiger partial charge in [0, 0.05) is 12.3 Å². The monoisotopic (exact) mass is 427 g/mol. The Morgan fingerprint density at radius 1 is 1.00 bits per heavy atom. The normalized spacial score (nSPS) is 12.8. The van der Waals surface area contributed by atoms with Crippen LogP contribution in [0.1, 0.15) is 22.8 Å². The second kappa shape index (κ2) is 9.47. The number of furan rings is 1. The average molecular weight is 428 g/mol. The van der Waals surface area contributed by atoms with Crippen LogP contribution in [-0.2, 0) is 16.0 Å². The molecule has 0 unspecified atom stereocenters. The molecule has 1 heterocycles. The van der Waals surface area contributed by atoms with E-state index in [-0.39, 0.29) is 31.4 Å². The zero-order valence-electron chi connectivity index (χ0n) is 16.0. The van der Waals surface area contributed by atoms with E-state index in [1.54, 1.807) is 12.1 Å². The number of carbonyl (C=O) groups is 2. The van der Waals surface area contributed by atoms with E-state index in [1.165, 1.54) is 6.26 Å². The van der Waals surface area contributed by atoms with Gasteiger partial charge in [0.05, 0.1) is 6.26 Å². The maximum atomic E-state index is 12.4. The summed E-state index contributed by atoms with van der Waals surface area (Å²) in [6.07, 6.45) is 0.979. The number of hydrogen-bond acceptors (Lipinski definition) is 5. The van der Waals surface area contributed by atoms with E-state index >= 15 is 0 Å². The van der Waals surface area contributed by atoms with Crippen molar-refractivity contribution in [2.24, 2.45) is 5.84 Å². The smallest absolute Gasteiger partial charge is 0.407 e. The van der Waals surface area contributed by atoms with Crippen LogP contribution in [0, 0.1) is 0 Å². The first-order chi connectivity index (χ1) is 14.2. The summed E-state index contributed by atoms with van der Waals surface area (Å²) in [5.74, 6) is 5.20. The molecule has 3 aromatic rings. The van der Waals surface area contributed by atoms with Crippen LogP contribution in [0.3, 0.4) is 0 Å². The maximum Gasteiger partial charge on any atom is 0.407 e. The summed E-state index contributed by atoms with van der Waals surface area (Å²) in [5.41, 5.74) is 6.59. The van der Waals surface area contributed by atoms with Crippen LogP contribution < -0.4 is 16.6 Å². The molecule has 0 saturated heterocycles. The largest absolute Gasteiger partial charge is 0.469 e. The lowest BCUT2D eigenvalue weighted by atomic mass is 9.98. The number of hydrazine groups is 1. The van der Waals surface area contributed by atoms with Gasteiger partial charge in [-0.1, -0.05) is 48.5 Å². The minimum absolute atomic E-state index is 0. The fraction of sp³-hybridized carbons (Fsp3) is 0.182. The predicted octanol–water partition coefficient (Wildman–Crippen LogP) is 3.14. The topological polar surface area (TPSA) is 107 Å². The molecule has 2 amide bonds. The van der Waals surface area contributed by atoms with Gasteiger partial charge in [-0.25, -0.2) is 10.6 Å². The van der Waals surface area contributed by atoms with Crippen LogP contribution in [0.4, 0.5) is 4.79 Å². The quantitative estimate of drug-likeness (QED) is 0.318. The molecule has 156 valence electrons. The van der Waals surface area contributed by atoms with E-state index in [1.807, 2.05) is 36.4 Å². The van der Waals surface area contributed by atoms with Gasteiger partial charge in [-0.3, -0.25) is 10.2 Å². The number of rotatable bonds is 6. The summed E-state index contributed by atoms with van der Waals surface area (Å²) in [6.45, 7) is 0.164. The van der Waals surface area contributed by atoms with Crippen LogP contribution in [0.2, 0.25) is 0 Å². The number of nitrogens with two attached hydrogens (primary N) is 1. The Morgan fingerprint density at radius 2 is 1.63 bits per heavy atom. The van der Waals surface area contributed by atoms with Crippen molar-refractivity contribution in [2.45, 2.75) is 18.4 Å². The number of alkyl carbamates (subject to hydrolysis) is 1. The predicted molar refractivity (Wildman–Crippen MR) is 114 cm³/mol. The van der Waals surface area contributed by atoms with E-state index < -0.39 is 18.0 Å². The number of nitrogens with one attached hydrogen (secondary N) is 2. The highest BCUT2D eigenvalue weighted by molar-refractivity contribution is 5.86. The molecule has 4 N–H and O–H groups in total. The first kappa shape index (κ1) is 21.4. The third-order valence-electron chi connectivity index (χ3n) is 5.08. The van der Waals surface area contributed by atoms with Gasteiger partial charge in [-0.05, 0) is 34.4 Å². The molecular formula is C22H22ClN3O4. The lowest BCUT2D eigenvalue weighted by Crippen LogP contribution is -2.50. The fourth-order valence-corrected chi connectivity index (χ4v) is 3.72. The summed E-state index contributed by atoms with van der Waals surface area (Å²) >= 11 is 0. The van der Waals surface area contributed by atoms with Gasteiger partial charge in [0.25, 0.3) is 5.91 Å². The highest BCUT2D eigenvalue weighted by atomic mass is 35.5. The Balaban J connectivity index is 0.00000256. The second-order valence-corrected chi connectivity index (χ2v) is 6.81. The molecule has 30 heavy (non-hydrogen) atoms. The number of ether oxygens (including phenoxy) is 1. The maximum absolute atomic E-state index is 12.4. The van der Waals surface area contributed by atoms with Crippen LogP contribution in [0.5, 0.6) is 0 Å². The van der Waals surface area contributed by atoms with Crippen LogP contribution in [0.15, 0.2) is 71.3 Å². The van der Waals surface area contributed by atoms with Crippen molar-refractivity contribution in [3.05, 3.63) is 83.8 Å². The molecule has 4 rings (SSSR count). The van der Waals surface area contributed by atoms with Crippen LogP contribution in [0.25, 0.3) is 11.1 Å². The Hall–Kier alpha value is -3.29. The molecule has 0 saturated carbocycles. The van der Waals surface area contributed by atoms with Gasteiger partial charge in [0.1, 0.15) is 18.4 Å². The lowest BCUT2D eigenvalue weighted by Gasteiger charge is -2.18. The van der Waals surface area contributed by atoms with Crippen LogP contribution in [-0.4, -0.2) is 24.6 Å². The Morgan fingerprint density at radius 3 is 2.20 bits per heavy atom. The number of amides is 2. The van der Waals surface area contributed by atoms with E-state index in [0.717, 1.165) is 22.3 Å². The van der Waals surface area contributed by atoms with Crippen molar-refractivity contribution < 1.29 is 18.7 Å². The third kappa shape index (κ3) is 4.32. The highest BCUT2D eigenvalue weighted by Crippen LogP contribution is 2.44. The standard InChI is InChI=1S/C22H21N3O4.ClH/c23-25-21(26)20(12-14-6-5-11-28-14)24-22(27)29-13-19-17-9-3-1-7-15(17)16-8-2-4-10-18(16)19;/h1-11,19-20H,12-13,23H2,(H,24,27)(H,25,26);1H/t20-;/m1./s1. The van der Waals surface area contributed by atoms with E-state index in [0.29, 0.717) is 5.76 Å². The third-order valence-corrected chi connectivity index (χ3v) is 5.08. The van der Waals surface area contributed by atoms with E-state index in [9.17, 15) is 9.59 Å². The zero-order valence-corrected chi connectivity index (χ0v) is 16.9. The summed E-state index contributed by atoms with van der Waals surface area (Å²) in [4.78, 5) is 24.4. The fourth-order valence-electron chi connectivity index (χ4n) is 3.72. The molecular weight excluding hydrogens is 406 g/mol. The van der Waals surface area contributed by atoms with Gasteiger partial charge in [-0.15, -0.1) is 12.4 Å². The van der Waals surface area contributed by atoms with E-state index in [4.69, 9.17) is 15.0 Å². The summed E-state index contributed by atoms with van der Waals surface area (Å²) in [7, 11) is 0. The Labute approximate surface area is 180 Å². The molecule has 2 aromatic carbocycles. The summed E-state index contributed by atoms with van der Waals surface area (Å²) < 4.78 is 10.7. The van der Waals surface area contributed by atoms with Crippen LogP contribution >= 0.6 is 12.4 Å². The van der Waals surface area contributed by atoms with Gasteiger partial charge in [0.15, 0.2) is 0 Å². The molecule has 0 radical (unpaired) electrons. The molecule has 8 heteroatoms.